The smallest absolute Gasteiger partial charge is 0.137 e. The Bertz CT molecular complexity index is 1600. The van der Waals surface area contributed by atoms with E-state index in [-0.39, 0.29) is 23.3 Å². The monoisotopic (exact) mass is 565 g/mol. The molecule has 4 heterocycles. The molecule has 10 heteroatoms. The molecule has 8 rings (SSSR count). The van der Waals surface area contributed by atoms with Gasteiger partial charge in [0.1, 0.15) is 35.4 Å². The van der Waals surface area contributed by atoms with Gasteiger partial charge in [-0.2, -0.15) is 5.10 Å². The third-order valence-electron chi connectivity index (χ3n) is 8.80. The molecular formula is C30H33F2N5O2S. The van der Waals surface area contributed by atoms with Gasteiger partial charge in [-0.1, -0.05) is 0 Å². The number of benzene rings is 1. The highest BCUT2D eigenvalue weighted by Crippen LogP contribution is 2.74. The maximum absolute atomic E-state index is 15.9. The number of fused-ring (bicyclic) bond motifs is 2. The molecule has 2 bridgehead atoms. The van der Waals surface area contributed by atoms with Crippen LogP contribution in [-0.2, 0) is 23.2 Å². The number of hydrogen-bond donors (Lipinski definition) is 2. The van der Waals surface area contributed by atoms with Crippen molar-refractivity contribution in [2.45, 2.75) is 50.7 Å². The van der Waals surface area contributed by atoms with Gasteiger partial charge in [-0.05, 0) is 56.2 Å². The first kappa shape index (κ1) is 26.0. The third-order valence-corrected chi connectivity index (χ3v) is 9.73. The summed E-state index contributed by atoms with van der Waals surface area (Å²) in [5.74, 6) is -1.24. The summed E-state index contributed by atoms with van der Waals surface area (Å²) >= 11 is 1.55. The van der Waals surface area contributed by atoms with Crippen LogP contribution in [0.4, 0.5) is 8.78 Å². The largest absolute Gasteiger partial charge is 0.490 e. The van der Waals surface area contributed by atoms with Crippen molar-refractivity contribution < 1.29 is 18.3 Å². The standard InChI is InChI=1S/C30H33F2N5O2S/c1-17-12-37-19(11-34-17)10-22(36-37)26-25(24-21(32)8-18(31)9-23(24)39-6-5-38-3)27-20(4-7-40-27)28(35-26)30-13-29(14-30,15-30)16-33-2/h4,7-10,17,33-34H,5-6,11-16H2,1-3H3/t17-,29?,30?/m1/s1. The van der Waals surface area contributed by atoms with Crippen molar-refractivity contribution >= 4 is 21.4 Å². The van der Waals surface area contributed by atoms with E-state index in [1.165, 1.54) is 6.07 Å². The fraction of sp³-hybridized carbons (Fsp3) is 0.467. The Balaban J connectivity index is 1.45. The van der Waals surface area contributed by atoms with Gasteiger partial charge < -0.3 is 20.1 Å². The average molecular weight is 566 g/mol. The maximum Gasteiger partial charge on any atom is 0.137 e. The summed E-state index contributed by atoms with van der Waals surface area (Å²) in [4.78, 5) is 5.36. The number of aromatic nitrogens is 3. The molecule has 2 N–H and O–H groups in total. The number of thiophene rings is 1. The van der Waals surface area contributed by atoms with Crippen molar-refractivity contribution in [2.75, 3.05) is 33.9 Å². The van der Waals surface area contributed by atoms with Crippen LogP contribution >= 0.6 is 11.3 Å². The van der Waals surface area contributed by atoms with Crippen LogP contribution in [0.25, 0.3) is 32.6 Å². The van der Waals surface area contributed by atoms with Gasteiger partial charge in [0.2, 0.25) is 0 Å². The quantitative estimate of drug-likeness (QED) is 0.270. The number of nitrogens with one attached hydrogen (secondary N) is 2. The van der Waals surface area contributed by atoms with E-state index in [1.807, 2.05) is 23.2 Å². The van der Waals surface area contributed by atoms with Gasteiger partial charge in [-0.25, -0.2) is 13.8 Å². The second-order valence-corrected chi connectivity index (χ2v) is 12.7. The predicted octanol–water partition coefficient (Wildman–Crippen LogP) is 5.26. The van der Waals surface area contributed by atoms with E-state index in [0.29, 0.717) is 41.6 Å². The molecule has 4 aliphatic rings. The third kappa shape index (κ3) is 3.99. The lowest BCUT2D eigenvalue weighted by Gasteiger charge is -2.70. The second-order valence-electron chi connectivity index (χ2n) is 11.8. The van der Waals surface area contributed by atoms with Crippen molar-refractivity contribution in [1.29, 1.82) is 0 Å². The van der Waals surface area contributed by atoms with Gasteiger partial charge in [0.15, 0.2) is 0 Å². The summed E-state index contributed by atoms with van der Waals surface area (Å²) in [6, 6.07) is 6.60. The molecule has 1 atom stereocenters. The van der Waals surface area contributed by atoms with Gasteiger partial charge in [0.05, 0.1) is 30.1 Å². The first-order valence-corrected chi connectivity index (χ1v) is 14.7. The highest BCUT2D eigenvalue weighted by Gasteiger charge is 2.68. The lowest BCUT2D eigenvalue weighted by atomic mass is 9.34. The number of hydrogen-bond acceptors (Lipinski definition) is 7. The van der Waals surface area contributed by atoms with Crippen LogP contribution < -0.4 is 15.4 Å². The highest BCUT2D eigenvalue weighted by molar-refractivity contribution is 7.17. The summed E-state index contributed by atoms with van der Waals surface area (Å²) in [7, 11) is 3.57. The van der Waals surface area contributed by atoms with E-state index in [9.17, 15) is 4.39 Å². The molecule has 0 unspecified atom stereocenters. The Kier molecular flexibility index (Phi) is 6.23. The minimum absolute atomic E-state index is 0.0258. The molecule has 4 aromatic rings. The molecule has 210 valence electrons. The summed E-state index contributed by atoms with van der Waals surface area (Å²) in [6.07, 6.45) is 3.28. The minimum atomic E-state index is -0.691. The minimum Gasteiger partial charge on any atom is -0.490 e. The molecule has 0 radical (unpaired) electrons. The van der Waals surface area contributed by atoms with Crippen LogP contribution in [0.5, 0.6) is 5.75 Å². The Labute approximate surface area is 235 Å². The number of halogens is 2. The normalized spacial score (nSPS) is 25.0. The van der Waals surface area contributed by atoms with Gasteiger partial charge in [0.25, 0.3) is 0 Å². The maximum atomic E-state index is 15.9. The summed E-state index contributed by atoms with van der Waals surface area (Å²) in [5, 5.41) is 14.9. The van der Waals surface area contributed by atoms with Gasteiger partial charge in [0, 0.05) is 59.4 Å². The molecule has 3 aromatic heterocycles. The van der Waals surface area contributed by atoms with Gasteiger partial charge >= 0.3 is 0 Å². The molecule has 1 aliphatic heterocycles. The lowest BCUT2D eigenvalue weighted by molar-refractivity contribution is -0.138. The van der Waals surface area contributed by atoms with E-state index in [1.54, 1.807) is 18.4 Å². The molecular weight excluding hydrogens is 532 g/mol. The number of methoxy groups -OCH3 is 1. The predicted molar refractivity (Wildman–Crippen MR) is 152 cm³/mol. The van der Waals surface area contributed by atoms with E-state index < -0.39 is 11.6 Å². The zero-order chi connectivity index (χ0) is 27.6. The van der Waals surface area contributed by atoms with Crippen LogP contribution in [0.1, 0.15) is 37.6 Å². The van der Waals surface area contributed by atoms with Gasteiger partial charge in [-0.15, -0.1) is 11.3 Å². The molecule has 3 saturated carbocycles. The zero-order valence-corrected chi connectivity index (χ0v) is 23.8. The molecule has 7 nitrogen and oxygen atoms in total. The van der Waals surface area contributed by atoms with Crippen molar-refractivity contribution in [2.24, 2.45) is 5.41 Å². The van der Waals surface area contributed by atoms with Crippen LogP contribution in [0.15, 0.2) is 29.6 Å². The number of rotatable bonds is 9. The number of nitrogens with zero attached hydrogens (tertiary/aromatic N) is 3. The Morgan fingerprint density at radius 1 is 1.18 bits per heavy atom. The summed E-state index contributed by atoms with van der Waals surface area (Å²) < 4.78 is 44.3. The molecule has 0 spiro atoms. The highest BCUT2D eigenvalue weighted by atomic mass is 32.1. The molecule has 0 amide bonds. The van der Waals surface area contributed by atoms with Crippen LogP contribution in [0, 0.1) is 17.0 Å². The van der Waals surface area contributed by atoms with Crippen molar-refractivity contribution in [1.82, 2.24) is 25.4 Å². The average Bonchev–Trinajstić information content (AvgIpc) is 3.52. The first-order valence-electron chi connectivity index (χ1n) is 13.8. The topological polar surface area (TPSA) is 73.2 Å². The summed E-state index contributed by atoms with van der Waals surface area (Å²) in [6.45, 7) is 5.04. The fourth-order valence-electron chi connectivity index (χ4n) is 7.27. The van der Waals surface area contributed by atoms with Crippen molar-refractivity contribution in [3.63, 3.8) is 0 Å². The van der Waals surface area contributed by atoms with Crippen LogP contribution in [-0.4, -0.2) is 54.7 Å². The number of ether oxygens (including phenoxy) is 2. The second kappa shape index (κ2) is 9.58. The van der Waals surface area contributed by atoms with Gasteiger partial charge in [-0.3, -0.25) is 4.68 Å². The Morgan fingerprint density at radius 2 is 2.00 bits per heavy atom. The fourth-order valence-corrected chi connectivity index (χ4v) is 8.22. The van der Waals surface area contributed by atoms with Crippen LogP contribution in [0.2, 0.25) is 0 Å². The van der Waals surface area contributed by atoms with Crippen LogP contribution in [0.3, 0.4) is 0 Å². The molecule has 1 aromatic carbocycles. The van der Waals surface area contributed by atoms with Crippen molar-refractivity contribution in [3.05, 3.63) is 52.7 Å². The van der Waals surface area contributed by atoms with Crippen molar-refractivity contribution in [3.8, 4) is 28.3 Å². The van der Waals surface area contributed by atoms with E-state index in [4.69, 9.17) is 19.6 Å². The summed E-state index contributed by atoms with van der Waals surface area (Å²) in [5.41, 5.74) is 4.63. The van der Waals surface area contributed by atoms with E-state index in [0.717, 1.165) is 59.9 Å². The Hall–Kier alpha value is -2.92. The zero-order valence-electron chi connectivity index (χ0n) is 22.9. The molecule has 3 fully saturated rings. The van der Waals surface area contributed by atoms with E-state index in [2.05, 4.69) is 23.6 Å². The molecule has 3 aliphatic carbocycles. The number of pyridine rings is 1. The van der Waals surface area contributed by atoms with E-state index >= 15 is 4.39 Å². The molecule has 0 saturated heterocycles. The lowest BCUT2D eigenvalue weighted by Crippen LogP contribution is -2.67. The SMILES string of the molecule is CNCC12CC(c3nc(-c4cc5n(n4)C[C@@H](C)NC5)c(-c4c(F)cc(F)cc4OCCOC)c4sccc34)(C1)C2. The molecule has 40 heavy (non-hydrogen) atoms. The first-order chi connectivity index (χ1) is 19.4. The Morgan fingerprint density at radius 3 is 2.77 bits per heavy atom.